The lowest BCUT2D eigenvalue weighted by Gasteiger charge is -2.38. The van der Waals surface area contributed by atoms with E-state index in [1.165, 1.54) is 19.1 Å². The maximum Gasteiger partial charge on any atom is 0.147 e. The molecule has 1 aliphatic carbocycles. The molecule has 0 aromatic heterocycles. The molecule has 0 aromatic carbocycles. The van der Waals surface area contributed by atoms with Crippen LogP contribution in [0.25, 0.3) is 0 Å². The van der Waals surface area contributed by atoms with Gasteiger partial charge in [0, 0.05) is 18.3 Å². The number of sulfone groups is 1. The fourth-order valence-corrected chi connectivity index (χ4v) is 3.23. The smallest absolute Gasteiger partial charge is 0.147 e. The van der Waals surface area contributed by atoms with E-state index >= 15 is 0 Å². The summed E-state index contributed by atoms with van der Waals surface area (Å²) >= 11 is 0. The molecule has 1 aliphatic rings. The quantitative estimate of drug-likeness (QED) is 0.748. The number of likely N-dealkylation sites (N-methyl/N-ethyl adjacent to an activating group) is 1. The number of rotatable bonds is 6. The molecule has 0 heterocycles. The molecule has 4 nitrogen and oxygen atoms in total. The highest BCUT2D eigenvalue weighted by Gasteiger charge is 2.35. The van der Waals surface area contributed by atoms with Crippen molar-refractivity contribution < 1.29 is 8.42 Å². The average Bonchev–Trinajstić information content (AvgIpc) is 2.65. The standard InChI is InChI=1S/C11H24N2O2S/c1-13(8-5-9-16(2,14)15)11(10-12)6-3-4-7-11/h3-10,12H2,1-2H3. The first-order valence-electron chi connectivity index (χ1n) is 5.99. The van der Waals surface area contributed by atoms with Gasteiger partial charge in [0.05, 0.1) is 5.75 Å². The van der Waals surface area contributed by atoms with Gasteiger partial charge in [0.2, 0.25) is 0 Å². The molecule has 0 amide bonds. The number of nitrogens with zero attached hydrogens (tertiary/aromatic N) is 1. The van der Waals surface area contributed by atoms with Crippen LogP contribution in [0.5, 0.6) is 0 Å². The summed E-state index contributed by atoms with van der Waals surface area (Å²) in [7, 11) is -0.758. The molecule has 2 N–H and O–H groups in total. The highest BCUT2D eigenvalue weighted by atomic mass is 32.2. The van der Waals surface area contributed by atoms with Crippen LogP contribution >= 0.6 is 0 Å². The molecule has 1 rings (SSSR count). The zero-order valence-corrected chi connectivity index (χ0v) is 11.2. The Labute approximate surface area is 99.1 Å². The van der Waals surface area contributed by atoms with Gasteiger partial charge in [0.25, 0.3) is 0 Å². The van der Waals surface area contributed by atoms with E-state index in [2.05, 4.69) is 11.9 Å². The molecule has 1 fully saturated rings. The summed E-state index contributed by atoms with van der Waals surface area (Å²) in [6, 6.07) is 0. The van der Waals surface area contributed by atoms with E-state index in [4.69, 9.17) is 5.73 Å². The van der Waals surface area contributed by atoms with Crippen LogP contribution in [-0.4, -0.2) is 51.0 Å². The van der Waals surface area contributed by atoms with Crippen molar-refractivity contribution in [2.75, 3.05) is 32.1 Å². The molecule has 0 bridgehead atoms. The maximum atomic E-state index is 11.0. The second-order valence-electron chi connectivity index (χ2n) is 5.04. The zero-order valence-electron chi connectivity index (χ0n) is 10.4. The molecule has 0 aromatic rings. The number of nitrogens with two attached hydrogens (primary N) is 1. The van der Waals surface area contributed by atoms with Gasteiger partial charge in [-0.05, 0) is 32.9 Å². The van der Waals surface area contributed by atoms with Crippen molar-refractivity contribution in [1.29, 1.82) is 0 Å². The first-order chi connectivity index (χ1) is 7.40. The Morgan fingerprint density at radius 2 is 1.88 bits per heavy atom. The Morgan fingerprint density at radius 3 is 2.31 bits per heavy atom. The van der Waals surface area contributed by atoms with Crippen LogP contribution in [0.3, 0.4) is 0 Å². The molecule has 1 saturated carbocycles. The lowest BCUT2D eigenvalue weighted by molar-refractivity contribution is 0.132. The summed E-state index contributed by atoms with van der Waals surface area (Å²) in [5, 5.41) is 0. The molecule has 0 radical (unpaired) electrons. The van der Waals surface area contributed by atoms with E-state index in [1.54, 1.807) is 0 Å². The van der Waals surface area contributed by atoms with E-state index in [0.29, 0.717) is 13.0 Å². The van der Waals surface area contributed by atoms with Crippen LogP contribution < -0.4 is 5.73 Å². The summed E-state index contributed by atoms with van der Waals surface area (Å²) in [5.41, 5.74) is 6.00. The minimum Gasteiger partial charge on any atom is -0.329 e. The molecular formula is C11H24N2O2S. The Hall–Kier alpha value is -0.130. The second kappa shape index (κ2) is 5.47. The minimum absolute atomic E-state index is 0.136. The van der Waals surface area contributed by atoms with E-state index in [1.807, 2.05) is 0 Å². The molecule has 5 heteroatoms. The van der Waals surface area contributed by atoms with Crippen molar-refractivity contribution in [3.63, 3.8) is 0 Å². The van der Waals surface area contributed by atoms with E-state index < -0.39 is 9.84 Å². The second-order valence-corrected chi connectivity index (χ2v) is 7.30. The van der Waals surface area contributed by atoms with E-state index in [-0.39, 0.29) is 11.3 Å². The van der Waals surface area contributed by atoms with Gasteiger partial charge >= 0.3 is 0 Å². The summed E-state index contributed by atoms with van der Waals surface area (Å²) in [5.74, 6) is 0.276. The van der Waals surface area contributed by atoms with Crippen LogP contribution in [0.15, 0.2) is 0 Å². The monoisotopic (exact) mass is 248 g/mol. The van der Waals surface area contributed by atoms with Crippen LogP contribution in [0, 0.1) is 0 Å². The molecule has 0 saturated heterocycles. The topological polar surface area (TPSA) is 63.4 Å². The number of hydrogen-bond donors (Lipinski definition) is 1. The van der Waals surface area contributed by atoms with Crippen LogP contribution in [0.2, 0.25) is 0 Å². The summed E-state index contributed by atoms with van der Waals surface area (Å²) in [4.78, 5) is 2.27. The van der Waals surface area contributed by atoms with Crippen molar-refractivity contribution in [3.05, 3.63) is 0 Å². The molecule has 0 unspecified atom stereocenters. The molecule has 16 heavy (non-hydrogen) atoms. The third kappa shape index (κ3) is 3.71. The first-order valence-corrected chi connectivity index (χ1v) is 8.05. The lowest BCUT2D eigenvalue weighted by Crippen LogP contribution is -2.50. The van der Waals surface area contributed by atoms with Gasteiger partial charge in [-0.1, -0.05) is 12.8 Å². The zero-order chi connectivity index (χ0) is 12.2. The largest absolute Gasteiger partial charge is 0.329 e. The van der Waals surface area contributed by atoms with Crippen LogP contribution in [0.1, 0.15) is 32.1 Å². The lowest BCUT2D eigenvalue weighted by atomic mass is 9.95. The van der Waals surface area contributed by atoms with Gasteiger partial charge in [-0.2, -0.15) is 0 Å². The van der Waals surface area contributed by atoms with Gasteiger partial charge in [0.15, 0.2) is 0 Å². The van der Waals surface area contributed by atoms with Crippen molar-refractivity contribution in [2.24, 2.45) is 5.73 Å². The SMILES string of the molecule is CN(CCCS(C)(=O)=O)C1(CN)CCCC1. The van der Waals surface area contributed by atoms with Crippen molar-refractivity contribution in [3.8, 4) is 0 Å². The predicted molar refractivity (Wildman–Crippen MR) is 67.2 cm³/mol. The third-order valence-electron chi connectivity index (χ3n) is 3.73. The van der Waals surface area contributed by atoms with E-state index in [0.717, 1.165) is 19.4 Å². The van der Waals surface area contributed by atoms with Crippen molar-refractivity contribution in [1.82, 2.24) is 4.90 Å². The highest BCUT2D eigenvalue weighted by Crippen LogP contribution is 2.33. The fourth-order valence-electron chi connectivity index (χ4n) is 2.58. The Balaban J connectivity index is 2.41. The van der Waals surface area contributed by atoms with Gasteiger partial charge in [-0.3, -0.25) is 4.90 Å². The third-order valence-corrected chi connectivity index (χ3v) is 4.76. The van der Waals surface area contributed by atoms with Crippen LogP contribution in [-0.2, 0) is 9.84 Å². The summed E-state index contributed by atoms with van der Waals surface area (Å²) < 4.78 is 22.1. The fraction of sp³-hybridized carbons (Fsp3) is 1.00. The normalized spacial score (nSPS) is 20.5. The summed E-state index contributed by atoms with van der Waals surface area (Å²) in [6.45, 7) is 1.51. The number of hydrogen-bond acceptors (Lipinski definition) is 4. The molecule has 96 valence electrons. The molecular weight excluding hydrogens is 224 g/mol. The first kappa shape index (κ1) is 13.9. The highest BCUT2D eigenvalue weighted by molar-refractivity contribution is 7.90. The van der Waals surface area contributed by atoms with Crippen molar-refractivity contribution >= 4 is 9.84 Å². The predicted octanol–water partition coefficient (Wildman–Crippen LogP) is 0.624. The van der Waals surface area contributed by atoms with Crippen molar-refractivity contribution in [2.45, 2.75) is 37.6 Å². The Bertz CT molecular complexity index is 308. The molecule has 0 atom stereocenters. The Kier molecular flexibility index (Phi) is 4.76. The van der Waals surface area contributed by atoms with Gasteiger partial charge in [-0.25, -0.2) is 8.42 Å². The summed E-state index contributed by atoms with van der Waals surface area (Å²) in [6.07, 6.45) is 6.79. The van der Waals surface area contributed by atoms with Gasteiger partial charge in [-0.15, -0.1) is 0 Å². The molecule has 0 aliphatic heterocycles. The van der Waals surface area contributed by atoms with Gasteiger partial charge in [0.1, 0.15) is 9.84 Å². The average molecular weight is 248 g/mol. The minimum atomic E-state index is -2.83. The Morgan fingerprint density at radius 1 is 1.31 bits per heavy atom. The van der Waals surface area contributed by atoms with Gasteiger partial charge < -0.3 is 5.73 Å². The molecule has 0 spiro atoms. The van der Waals surface area contributed by atoms with Crippen LogP contribution in [0.4, 0.5) is 0 Å². The maximum absolute atomic E-state index is 11.0. The van der Waals surface area contributed by atoms with E-state index in [9.17, 15) is 8.42 Å².